The molecule has 2 aromatic rings. The van der Waals surface area contributed by atoms with Gasteiger partial charge in [0.2, 0.25) is 0 Å². The summed E-state index contributed by atoms with van der Waals surface area (Å²) in [5.41, 5.74) is 5.38. The van der Waals surface area contributed by atoms with E-state index in [-0.39, 0.29) is 11.2 Å². The van der Waals surface area contributed by atoms with Crippen LogP contribution < -0.4 is 10.1 Å². The van der Waals surface area contributed by atoms with Gasteiger partial charge in [0.15, 0.2) is 11.5 Å². The van der Waals surface area contributed by atoms with E-state index in [4.69, 9.17) is 4.74 Å². The molecule has 0 saturated heterocycles. The monoisotopic (exact) mass is 295 g/mol. The highest BCUT2D eigenvalue weighted by atomic mass is 16.5. The maximum atomic E-state index is 10.3. The fourth-order valence-corrected chi connectivity index (χ4v) is 4.20. The largest absolute Gasteiger partial charge is 0.504 e. The summed E-state index contributed by atoms with van der Waals surface area (Å²) in [5.74, 6) is 0.814. The molecule has 3 heteroatoms. The molecule has 0 fully saturated rings. The minimum atomic E-state index is -0.0216. The van der Waals surface area contributed by atoms with Crippen molar-refractivity contribution >= 4 is 0 Å². The Morgan fingerprint density at radius 1 is 1.09 bits per heavy atom. The zero-order chi connectivity index (χ0) is 15.2. The van der Waals surface area contributed by atoms with Crippen LogP contribution in [0.1, 0.15) is 28.7 Å². The van der Waals surface area contributed by atoms with Crippen molar-refractivity contribution in [1.82, 2.24) is 5.32 Å². The van der Waals surface area contributed by atoms with Crippen LogP contribution in [-0.4, -0.2) is 25.3 Å². The molecule has 2 aromatic carbocycles. The minimum Gasteiger partial charge on any atom is -0.504 e. The second-order valence-corrected chi connectivity index (χ2v) is 6.35. The predicted octanol–water partition coefficient (Wildman–Crippen LogP) is 2.78. The number of fused-ring (bicyclic) bond motifs is 4. The molecular weight excluding hydrogens is 274 g/mol. The molecule has 0 amide bonds. The Hall–Kier alpha value is -2.00. The average molecular weight is 295 g/mol. The van der Waals surface area contributed by atoms with Crippen LogP contribution >= 0.6 is 0 Å². The number of hydrogen-bond acceptors (Lipinski definition) is 3. The van der Waals surface area contributed by atoms with Crippen molar-refractivity contribution in [3.63, 3.8) is 0 Å². The molecule has 1 atom stereocenters. The number of aryl methyl sites for hydroxylation is 1. The van der Waals surface area contributed by atoms with Gasteiger partial charge in [-0.2, -0.15) is 0 Å². The van der Waals surface area contributed by atoms with E-state index in [1.54, 1.807) is 7.11 Å². The van der Waals surface area contributed by atoms with E-state index in [0.29, 0.717) is 5.75 Å². The van der Waals surface area contributed by atoms with E-state index in [0.717, 1.165) is 32.4 Å². The summed E-state index contributed by atoms with van der Waals surface area (Å²) >= 11 is 0. The van der Waals surface area contributed by atoms with Crippen LogP contribution in [0.25, 0.3) is 0 Å². The molecule has 114 valence electrons. The molecule has 22 heavy (non-hydrogen) atoms. The van der Waals surface area contributed by atoms with E-state index >= 15 is 0 Å². The number of methoxy groups -OCH3 is 1. The third-order valence-corrected chi connectivity index (χ3v) is 5.27. The van der Waals surface area contributed by atoms with Crippen molar-refractivity contribution in [2.75, 3.05) is 20.2 Å². The minimum absolute atomic E-state index is 0.0216. The van der Waals surface area contributed by atoms with Gasteiger partial charge in [0.25, 0.3) is 0 Å². The lowest BCUT2D eigenvalue weighted by molar-refractivity contribution is 0.371. The molecule has 0 radical (unpaired) electrons. The maximum Gasteiger partial charge on any atom is 0.160 e. The summed E-state index contributed by atoms with van der Waals surface area (Å²) in [5, 5.41) is 13.9. The second-order valence-electron chi connectivity index (χ2n) is 6.35. The lowest BCUT2D eigenvalue weighted by Crippen LogP contribution is -2.36. The van der Waals surface area contributed by atoms with Crippen molar-refractivity contribution in [2.45, 2.75) is 24.7 Å². The quantitative estimate of drug-likeness (QED) is 0.850. The lowest BCUT2D eigenvalue weighted by Gasteiger charge is -2.32. The van der Waals surface area contributed by atoms with Gasteiger partial charge < -0.3 is 15.2 Å². The fraction of sp³-hybridized carbons (Fsp3) is 0.368. The van der Waals surface area contributed by atoms with Crippen molar-refractivity contribution in [3.8, 4) is 11.5 Å². The Kier molecular flexibility index (Phi) is 3.12. The molecule has 1 aliphatic heterocycles. The highest BCUT2D eigenvalue weighted by Gasteiger charge is 2.42. The summed E-state index contributed by atoms with van der Waals surface area (Å²) in [7, 11) is 1.61. The molecule has 4 rings (SSSR count). The zero-order valence-corrected chi connectivity index (χ0v) is 12.9. The van der Waals surface area contributed by atoms with Crippen molar-refractivity contribution in [3.05, 3.63) is 58.7 Å². The van der Waals surface area contributed by atoms with E-state index in [2.05, 4.69) is 29.6 Å². The van der Waals surface area contributed by atoms with Crippen LogP contribution in [0.4, 0.5) is 0 Å². The van der Waals surface area contributed by atoms with Crippen molar-refractivity contribution in [2.24, 2.45) is 0 Å². The Bertz CT molecular complexity index is 725. The van der Waals surface area contributed by atoms with Crippen LogP contribution in [0.15, 0.2) is 36.4 Å². The first kappa shape index (κ1) is 13.6. The summed E-state index contributed by atoms with van der Waals surface area (Å²) in [6, 6.07) is 12.7. The SMILES string of the molecule is COc1cc2c(cc1O)C1(CCc3ccccc31)CNCC2. The van der Waals surface area contributed by atoms with Crippen molar-refractivity contribution < 1.29 is 9.84 Å². The van der Waals surface area contributed by atoms with E-state index < -0.39 is 0 Å². The molecule has 0 saturated carbocycles. The first-order valence-corrected chi connectivity index (χ1v) is 7.94. The van der Waals surface area contributed by atoms with Gasteiger partial charge in [-0.25, -0.2) is 0 Å². The summed E-state index contributed by atoms with van der Waals surface area (Å²) in [6.07, 6.45) is 3.16. The third kappa shape index (κ3) is 1.85. The number of ether oxygens (including phenoxy) is 1. The Morgan fingerprint density at radius 2 is 1.95 bits per heavy atom. The van der Waals surface area contributed by atoms with Crippen LogP contribution in [0.3, 0.4) is 0 Å². The Balaban J connectivity index is 1.95. The van der Waals surface area contributed by atoms with Gasteiger partial charge in [0, 0.05) is 12.0 Å². The smallest absolute Gasteiger partial charge is 0.160 e. The van der Waals surface area contributed by atoms with Gasteiger partial charge in [-0.3, -0.25) is 0 Å². The number of phenols is 1. The van der Waals surface area contributed by atoms with Crippen LogP contribution in [-0.2, 0) is 18.3 Å². The van der Waals surface area contributed by atoms with Crippen LogP contribution in [0, 0.1) is 0 Å². The molecule has 3 nitrogen and oxygen atoms in total. The van der Waals surface area contributed by atoms with Crippen LogP contribution in [0.5, 0.6) is 11.5 Å². The second kappa shape index (κ2) is 5.03. The number of rotatable bonds is 1. The first-order chi connectivity index (χ1) is 10.7. The molecular formula is C19H21NO2. The van der Waals surface area contributed by atoms with Gasteiger partial charge in [-0.15, -0.1) is 0 Å². The van der Waals surface area contributed by atoms with E-state index in [9.17, 15) is 5.11 Å². The lowest BCUT2D eigenvalue weighted by atomic mass is 9.73. The fourth-order valence-electron chi connectivity index (χ4n) is 4.20. The highest BCUT2D eigenvalue weighted by Crippen LogP contribution is 2.47. The molecule has 1 heterocycles. The standard InChI is InChI=1S/C19H21NO2/c1-22-18-10-14-7-9-20-12-19(16(14)11-17(18)21)8-6-13-4-2-3-5-15(13)19/h2-5,10-11,20-21H,6-9,12H2,1H3. The van der Waals surface area contributed by atoms with E-state index in [1.807, 2.05) is 12.1 Å². The number of hydrogen-bond donors (Lipinski definition) is 2. The number of nitrogens with one attached hydrogen (secondary N) is 1. The number of phenolic OH excluding ortho intramolecular Hbond substituents is 1. The topological polar surface area (TPSA) is 41.5 Å². The maximum absolute atomic E-state index is 10.3. The van der Waals surface area contributed by atoms with Crippen molar-refractivity contribution in [1.29, 1.82) is 0 Å². The Morgan fingerprint density at radius 3 is 2.82 bits per heavy atom. The predicted molar refractivity (Wildman–Crippen MR) is 86.8 cm³/mol. The zero-order valence-electron chi connectivity index (χ0n) is 12.9. The number of benzene rings is 2. The molecule has 0 aromatic heterocycles. The molecule has 1 spiro atoms. The summed E-state index contributed by atoms with van der Waals surface area (Å²) < 4.78 is 5.30. The molecule has 2 N–H and O–H groups in total. The average Bonchev–Trinajstić information content (AvgIpc) is 2.82. The number of aromatic hydroxyl groups is 1. The van der Waals surface area contributed by atoms with Gasteiger partial charge in [0.05, 0.1) is 7.11 Å². The molecule has 0 bridgehead atoms. The summed E-state index contributed by atoms with van der Waals surface area (Å²) in [6.45, 7) is 1.90. The molecule has 1 aliphatic carbocycles. The molecule has 2 aliphatic rings. The van der Waals surface area contributed by atoms with Gasteiger partial charge >= 0.3 is 0 Å². The highest BCUT2D eigenvalue weighted by molar-refractivity contribution is 5.56. The van der Waals surface area contributed by atoms with Gasteiger partial charge in [0.1, 0.15) is 0 Å². The molecule has 1 unspecified atom stereocenters. The van der Waals surface area contributed by atoms with Crippen LogP contribution in [0.2, 0.25) is 0 Å². The Labute approximate surface area is 130 Å². The van der Waals surface area contributed by atoms with Gasteiger partial charge in [-0.05, 0) is 60.2 Å². The van der Waals surface area contributed by atoms with E-state index in [1.165, 1.54) is 22.3 Å². The normalized spacial score (nSPS) is 23.0. The first-order valence-electron chi connectivity index (χ1n) is 7.94. The third-order valence-electron chi connectivity index (χ3n) is 5.27. The van der Waals surface area contributed by atoms with Gasteiger partial charge in [-0.1, -0.05) is 24.3 Å². The summed E-state index contributed by atoms with van der Waals surface area (Å²) in [4.78, 5) is 0.